The molecule has 3 saturated carbocycles. The average Bonchev–Trinajstić information content (AvgIpc) is 3.05. The average molecular weight is 579 g/mol. The summed E-state index contributed by atoms with van der Waals surface area (Å²) >= 11 is 8.03. The summed E-state index contributed by atoms with van der Waals surface area (Å²) in [6, 6.07) is 0. The number of esters is 1. The van der Waals surface area contributed by atoms with Gasteiger partial charge in [-0.2, -0.15) is 0 Å². The molecule has 0 unspecified atom stereocenters. The summed E-state index contributed by atoms with van der Waals surface area (Å²) in [4.78, 5) is 38.2. The molecule has 4 rings (SSSR count). The molecule has 0 aromatic rings. The van der Waals surface area contributed by atoms with E-state index in [1.54, 1.807) is 19.1 Å². The Hall–Kier alpha value is -1.28. The van der Waals surface area contributed by atoms with Crippen molar-refractivity contribution in [2.45, 2.75) is 115 Å². The summed E-state index contributed by atoms with van der Waals surface area (Å²) < 4.78 is 13.4. The van der Waals surface area contributed by atoms with Gasteiger partial charge in [0.05, 0.1) is 11.0 Å². The Bertz CT molecular complexity index is 1120. The molecule has 0 saturated heterocycles. The van der Waals surface area contributed by atoms with Gasteiger partial charge in [-0.3, -0.25) is 14.4 Å². The third kappa shape index (κ3) is 4.11. The number of halogens is 1. The second-order valence-electron chi connectivity index (χ2n) is 14.4. The molecule has 39 heavy (non-hydrogen) atoms. The Morgan fingerprint density at radius 1 is 1.21 bits per heavy atom. The second kappa shape index (κ2) is 9.64. The lowest BCUT2D eigenvalue weighted by molar-refractivity contribution is -0.201. The third-order valence-electron chi connectivity index (χ3n) is 11.5. The Morgan fingerprint density at radius 3 is 2.41 bits per heavy atom. The Labute approximate surface area is 240 Å². The van der Waals surface area contributed by atoms with Gasteiger partial charge in [0.15, 0.2) is 19.7 Å². The standard InChI is InChI=1S/C31H47ClO6Si/c1-10-26(36)37-31(24(35)18-33)19(2)15-23-22-12-11-20-16-21(34)13-14-28(20,6)30(22,32)25(17-29(23,31)7)38-39(8,9)27(3,4)5/h13-14,16,19,22-23,25,33H,10-12,15,17-18H2,1-9H3/t19-,22-,23-,25-,28-,29-,30-,31-/m0/s1. The van der Waals surface area contributed by atoms with Crippen LogP contribution in [0.4, 0.5) is 0 Å². The molecule has 6 nitrogen and oxygen atoms in total. The van der Waals surface area contributed by atoms with Crippen LogP contribution in [0.15, 0.2) is 23.8 Å². The molecule has 1 N–H and O–H groups in total. The molecular weight excluding hydrogens is 532 g/mol. The summed E-state index contributed by atoms with van der Waals surface area (Å²) in [5.41, 5.74) is -1.80. The predicted octanol–water partition coefficient (Wildman–Crippen LogP) is 6.16. The number of aliphatic hydroxyl groups excluding tert-OH is 1. The number of rotatable bonds is 6. The van der Waals surface area contributed by atoms with E-state index in [2.05, 4.69) is 47.7 Å². The SMILES string of the molecule is CCC(=O)O[C@]1(C(=O)CO)[C@@H](C)C[C@H]2[C@@H]3CCC4=CC(=O)C=C[C@]4(C)[C@@]3(Cl)[C@@H](O[Si](C)(C)C(C)(C)C)C[C@@]21C. The molecule has 0 aromatic carbocycles. The topological polar surface area (TPSA) is 89.9 Å². The minimum atomic E-state index is -2.37. The zero-order chi connectivity index (χ0) is 29.4. The number of hydrogen-bond acceptors (Lipinski definition) is 6. The fourth-order valence-corrected chi connectivity index (χ4v) is 10.4. The van der Waals surface area contributed by atoms with Crippen molar-refractivity contribution < 1.29 is 28.7 Å². The van der Waals surface area contributed by atoms with Gasteiger partial charge < -0.3 is 14.3 Å². The molecule has 8 atom stereocenters. The molecule has 4 aliphatic carbocycles. The van der Waals surface area contributed by atoms with E-state index in [0.29, 0.717) is 12.8 Å². The molecule has 0 bridgehead atoms. The lowest BCUT2D eigenvalue weighted by Crippen LogP contribution is -2.71. The first kappa shape index (κ1) is 30.7. The number of allylic oxidation sites excluding steroid dienone is 4. The summed E-state index contributed by atoms with van der Waals surface area (Å²) in [6.45, 7) is 18.2. The van der Waals surface area contributed by atoms with Crippen LogP contribution >= 0.6 is 11.6 Å². The van der Waals surface area contributed by atoms with E-state index in [-0.39, 0.29) is 35.0 Å². The van der Waals surface area contributed by atoms with E-state index in [0.717, 1.165) is 18.4 Å². The number of aliphatic hydroxyl groups is 1. The fourth-order valence-electron chi connectivity index (χ4n) is 8.39. The van der Waals surface area contributed by atoms with E-state index >= 15 is 0 Å². The molecular formula is C31H47ClO6Si. The van der Waals surface area contributed by atoms with Gasteiger partial charge >= 0.3 is 5.97 Å². The van der Waals surface area contributed by atoms with E-state index in [4.69, 9.17) is 20.8 Å². The minimum Gasteiger partial charge on any atom is -0.450 e. The number of carbonyl (C=O) groups is 3. The molecule has 0 aliphatic heterocycles. The van der Waals surface area contributed by atoms with Crippen molar-refractivity contribution in [3.05, 3.63) is 23.8 Å². The maximum absolute atomic E-state index is 13.7. The van der Waals surface area contributed by atoms with Crippen LogP contribution in [0.1, 0.15) is 80.6 Å². The smallest absolute Gasteiger partial charge is 0.306 e. The number of carbonyl (C=O) groups excluding carboxylic acids is 3. The van der Waals surface area contributed by atoms with E-state index in [1.165, 1.54) is 0 Å². The third-order valence-corrected chi connectivity index (χ3v) is 16.9. The number of alkyl halides is 1. The van der Waals surface area contributed by atoms with Crippen molar-refractivity contribution in [1.29, 1.82) is 0 Å². The highest BCUT2D eigenvalue weighted by molar-refractivity contribution is 6.74. The number of hydrogen-bond donors (Lipinski definition) is 1. The molecule has 3 fully saturated rings. The molecule has 0 spiro atoms. The summed E-state index contributed by atoms with van der Waals surface area (Å²) in [7, 11) is -2.37. The first-order valence-electron chi connectivity index (χ1n) is 14.5. The van der Waals surface area contributed by atoms with Crippen molar-refractivity contribution in [1.82, 2.24) is 0 Å². The van der Waals surface area contributed by atoms with Gasteiger partial charge in [0.1, 0.15) is 6.61 Å². The summed E-state index contributed by atoms with van der Waals surface area (Å²) in [6.07, 6.45) is 7.60. The Kier molecular flexibility index (Phi) is 7.58. The van der Waals surface area contributed by atoms with Gasteiger partial charge in [-0.05, 0) is 67.8 Å². The van der Waals surface area contributed by atoms with Crippen LogP contribution in [0, 0.1) is 28.6 Å². The van der Waals surface area contributed by atoms with E-state index < -0.39 is 54.1 Å². The number of ether oxygens (including phenoxy) is 1. The van der Waals surface area contributed by atoms with Crippen LogP contribution in [0.5, 0.6) is 0 Å². The van der Waals surface area contributed by atoms with Crippen LogP contribution in [-0.4, -0.2) is 54.1 Å². The minimum absolute atomic E-state index is 0.0165. The largest absolute Gasteiger partial charge is 0.450 e. The Morgan fingerprint density at radius 2 is 1.85 bits per heavy atom. The van der Waals surface area contributed by atoms with Crippen LogP contribution in [0.3, 0.4) is 0 Å². The normalized spacial score (nSPS) is 41.8. The van der Waals surface area contributed by atoms with Crippen LogP contribution < -0.4 is 0 Å². The first-order valence-corrected chi connectivity index (χ1v) is 17.8. The lowest BCUT2D eigenvalue weighted by atomic mass is 9.45. The number of Topliss-reactive ketones (excluding diaryl/α,β-unsaturated/α-hetero) is 1. The second-order valence-corrected chi connectivity index (χ2v) is 19.8. The maximum Gasteiger partial charge on any atom is 0.306 e. The Balaban J connectivity index is 1.95. The number of ketones is 2. The van der Waals surface area contributed by atoms with Crippen molar-refractivity contribution in [3.63, 3.8) is 0 Å². The highest BCUT2D eigenvalue weighted by atomic mass is 35.5. The molecule has 0 heterocycles. The fraction of sp³-hybridized carbons (Fsp3) is 0.774. The van der Waals surface area contributed by atoms with Crippen LogP contribution in [-0.2, 0) is 23.5 Å². The van der Waals surface area contributed by atoms with Crippen molar-refractivity contribution in [2.24, 2.45) is 28.6 Å². The summed E-state index contributed by atoms with van der Waals surface area (Å²) in [5.74, 6) is -1.27. The van der Waals surface area contributed by atoms with E-state index in [9.17, 15) is 19.5 Å². The first-order chi connectivity index (χ1) is 17.9. The zero-order valence-electron chi connectivity index (χ0n) is 25.2. The van der Waals surface area contributed by atoms with Gasteiger partial charge in [0.25, 0.3) is 0 Å². The summed E-state index contributed by atoms with van der Waals surface area (Å²) in [5, 5.41) is 10.1. The van der Waals surface area contributed by atoms with Gasteiger partial charge in [0.2, 0.25) is 5.78 Å². The maximum atomic E-state index is 13.7. The van der Waals surface area contributed by atoms with Gasteiger partial charge in [-0.25, -0.2) is 0 Å². The van der Waals surface area contributed by atoms with Gasteiger partial charge in [-0.15, -0.1) is 11.6 Å². The zero-order valence-corrected chi connectivity index (χ0v) is 26.9. The lowest BCUT2D eigenvalue weighted by Gasteiger charge is -2.66. The van der Waals surface area contributed by atoms with Crippen LogP contribution in [0.2, 0.25) is 18.1 Å². The highest BCUT2D eigenvalue weighted by Crippen LogP contribution is 2.73. The van der Waals surface area contributed by atoms with Gasteiger partial charge in [0, 0.05) is 23.2 Å². The van der Waals surface area contributed by atoms with Crippen LogP contribution in [0.25, 0.3) is 0 Å². The predicted molar refractivity (Wildman–Crippen MR) is 155 cm³/mol. The van der Waals surface area contributed by atoms with Crippen molar-refractivity contribution in [3.8, 4) is 0 Å². The number of fused-ring (bicyclic) bond motifs is 5. The molecule has 218 valence electrons. The molecule has 0 aromatic heterocycles. The van der Waals surface area contributed by atoms with Crippen molar-refractivity contribution in [2.75, 3.05) is 6.61 Å². The highest BCUT2D eigenvalue weighted by Gasteiger charge is 2.77. The molecule has 4 aliphatic rings. The quantitative estimate of drug-likeness (QED) is 0.231. The monoisotopic (exact) mass is 578 g/mol. The molecule has 8 heteroatoms. The van der Waals surface area contributed by atoms with Gasteiger partial charge in [-0.1, -0.05) is 60.1 Å². The molecule has 0 radical (unpaired) electrons. The molecule has 0 amide bonds. The van der Waals surface area contributed by atoms with E-state index in [1.807, 2.05) is 13.0 Å². The van der Waals surface area contributed by atoms with Crippen molar-refractivity contribution >= 4 is 37.5 Å².